The largest absolute Gasteiger partial charge is 0.368 e. The molecule has 2 heterocycles. The van der Waals surface area contributed by atoms with Crippen molar-refractivity contribution in [2.45, 2.75) is 13.5 Å². The topological polar surface area (TPSA) is 111 Å². The lowest BCUT2D eigenvalue weighted by atomic mass is 10.2. The third-order valence-electron chi connectivity index (χ3n) is 2.74. The minimum absolute atomic E-state index is 0.0149. The minimum Gasteiger partial charge on any atom is -0.368 e. The van der Waals surface area contributed by atoms with Gasteiger partial charge in [0, 0.05) is 26.0 Å². The Labute approximate surface area is 115 Å². The Hall–Kier alpha value is -2.77. The summed E-state index contributed by atoms with van der Waals surface area (Å²) in [6.45, 7) is 1.97. The van der Waals surface area contributed by atoms with E-state index < -0.39 is 4.92 Å². The van der Waals surface area contributed by atoms with Gasteiger partial charge in [0.2, 0.25) is 11.8 Å². The van der Waals surface area contributed by atoms with Gasteiger partial charge in [0.25, 0.3) is 0 Å². The van der Waals surface area contributed by atoms with Crippen LogP contribution in [0.3, 0.4) is 0 Å². The molecule has 0 radical (unpaired) electrons. The number of anilines is 2. The van der Waals surface area contributed by atoms with Gasteiger partial charge in [-0.15, -0.1) is 0 Å². The van der Waals surface area contributed by atoms with Gasteiger partial charge in [-0.25, -0.2) is 4.98 Å². The lowest BCUT2D eigenvalue weighted by Gasteiger charge is -2.18. The summed E-state index contributed by atoms with van der Waals surface area (Å²) in [5.41, 5.74) is 6.60. The molecule has 0 saturated carbocycles. The zero-order valence-electron chi connectivity index (χ0n) is 11.1. The van der Waals surface area contributed by atoms with Crippen molar-refractivity contribution in [3.63, 3.8) is 0 Å². The summed E-state index contributed by atoms with van der Waals surface area (Å²) in [6.07, 6.45) is 3.36. The molecule has 2 aromatic rings. The molecule has 2 aromatic heterocycles. The van der Waals surface area contributed by atoms with E-state index in [1.165, 1.54) is 6.92 Å². The van der Waals surface area contributed by atoms with Crippen molar-refractivity contribution in [2.75, 3.05) is 17.7 Å². The smallest absolute Gasteiger partial charge is 0.332 e. The number of nitrogens with two attached hydrogens (primary N) is 1. The third-order valence-corrected chi connectivity index (χ3v) is 2.74. The van der Waals surface area contributed by atoms with E-state index in [0.717, 1.165) is 5.56 Å². The first-order chi connectivity index (χ1) is 9.49. The molecule has 0 bridgehead atoms. The second-order valence-corrected chi connectivity index (χ2v) is 4.31. The van der Waals surface area contributed by atoms with Crippen molar-refractivity contribution in [3.8, 4) is 0 Å². The van der Waals surface area contributed by atoms with E-state index in [0.29, 0.717) is 6.54 Å². The molecule has 8 nitrogen and oxygen atoms in total. The molecular formula is C12H14N6O2. The van der Waals surface area contributed by atoms with E-state index in [4.69, 9.17) is 5.73 Å². The first-order valence-electron chi connectivity index (χ1n) is 5.87. The summed E-state index contributed by atoms with van der Waals surface area (Å²) in [6, 6.07) is 3.68. The summed E-state index contributed by atoms with van der Waals surface area (Å²) in [4.78, 5) is 24.1. The minimum atomic E-state index is -0.496. The third kappa shape index (κ3) is 2.79. The maximum atomic E-state index is 11.2. The Kier molecular flexibility index (Phi) is 3.74. The number of aromatic nitrogens is 3. The Morgan fingerprint density at radius 2 is 2.20 bits per heavy atom. The molecule has 0 saturated heterocycles. The Balaban J connectivity index is 2.38. The van der Waals surface area contributed by atoms with Crippen LogP contribution in [0.1, 0.15) is 11.3 Å². The number of nitrogens with zero attached hydrogens (tertiary/aromatic N) is 5. The van der Waals surface area contributed by atoms with Crippen molar-refractivity contribution in [3.05, 3.63) is 45.9 Å². The van der Waals surface area contributed by atoms with Crippen molar-refractivity contribution >= 4 is 17.5 Å². The standard InChI is InChI=1S/C12H14N6O2/c1-8-10(18(19)20)11(16-12(13)15-8)17(2)7-9-4-3-5-14-6-9/h3-6H,7H2,1-2H3,(H2,13,15,16). The average molecular weight is 274 g/mol. The second-order valence-electron chi connectivity index (χ2n) is 4.31. The van der Waals surface area contributed by atoms with Crippen molar-refractivity contribution in [1.29, 1.82) is 0 Å². The SMILES string of the molecule is Cc1nc(N)nc(N(C)Cc2cccnc2)c1[N+](=O)[O-]. The highest BCUT2D eigenvalue weighted by molar-refractivity contribution is 5.61. The fourth-order valence-corrected chi connectivity index (χ4v) is 1.89. The van der Waals surface area contributed by atoms with Gasteiger partial charge < -0.3 is 10.6 Å². The van der Waals surface area contributed by atoms with Gasteiger partial charge in [-0.3, -0.25) is 15.1 Å². The van der Waals surface area contributed by atoms with E-state index in [2.05, 4.69) is 15.0 Å². The number of nitro groups is 1. The predicted molar refractivity (Wildman–Crippen MR) is 74.2 cm³/mol. The highest BCUT2D eigenvalue weighted by Crippen LogP contribution is 2.29. The fourth-order valence-electron chi connectivity index (χ4n) is 1.89. The van der Waals surface area contributed by atoms with Crippen LogP contribution < -0.4 is 10.6 Å². The molecule has 8 heteroatoms. The second kappa shape index (κ2) is 5.47. The Morgan fingerprint density at radius 1 is 1.45 bits per heavy atom. The molecule has 20 heavy (non-hydrogen) atoms. The van der Waals surface area contributed by atoms with Gasteiger partial charge in [-0.2, -0.15) is 4.98 Å². The van der Waals surface area contributed by atoms with Crippen LogP contribution in [0.2, 0.25) is 0 Å². The van der Waals surface area contributed by atoms with Gasteiger partial charge in [-0.1, -0.05) is 6.07 Å². The molecule has 0 spiro atoms. The van der Waals surface area contributed by atoms with E-state index in [1.54, 1.807) is 30.4 Å². The Morgan fingerprint density at radius 3 is 2.80 bits per heavy atom. The van der Waals surface area contributed by atoms with Gasteiger partial charge in [-0.05, 0) is 18.6 Å². The van der Waals surface area contributed by atoms with Crippen LogP contribution >= 0.6 is 0 Å². The molecule has 0 aliphatic heterocycles. The lowest BCUT2D eigenvalue weighted by molar-refractivity contribution is -0.385. The molecule has 0 amide bonds. The molecule has 2 rings (SSSR count). The van der Waals surface area contributed by atoms with E-state index >= 15 is 0 Å². The number of hydrogen-bond donors (Lipinski definition) is 1. The number of nitrogen functional groups attached to an aromatic ring is 1. The number of pyridine rings is 1. The lowest BCUT2D eigenvalue weighted by Crippen LogP contribution is -2.20. The van der Waals surface area contributed by atoms with Crippen LogP contribution in [0, 0.1) is 17.0 Å². The number of rotatable bonds is 4. The van der Waals surface area contributed by atoms with Crippen LogP contribution in [-0.2, 0) is 6.54 Å². The van der Waals surface area contributed by atoms with Gasteiger partial charge >= 0.3 is 5.69 Å². The molecule has 104 valence electrons. The summed E-state index contributed by atoms with van der Waals surface area (Å²) < 4.78 is 0. The van der Waals surface area contributed by atoms with Crippen LogP contribution in [0.4, 0.5) is 17.5 Å². The first kappa shape index (κ1) is 13.7. The van der Waals surface area contributed by atoms with Crippen LogP contribution in [0.15, 0.2) is 24.5 Å². The van der Waals surface area contributed by atoms with Gasteiger partial charge in [0.15, 0.2) is 0 Å². The molecule has 0 aliphatic carbocycles. The molecule has 0 fully saturated rings. The zero-order valence-corrected chi connectivity index (χ0v) is 11.1. The zero-order chi connectivity index (χ0) is 14.7. The van der Waals surface area contributed by atoms with Gasteiger partial charge in [0.05, 0.1) is 4.92 Å². The molecule has 0 unspecified atom stereocenters. The maximum absolute atomic E-state index is 11.2. The van der Waals surface area contributed by atoms with Crippen molar-refractivity contribution in [2.24, 2.45) is 0 Å². The number of aryl methyl sites for hydroxylation is 1. The normalized spacial score (nSPS) is 10.3. The molecule has 0 aromatic carbocycles. The summed E-state index contributed by atoms with van der Waals surface area (Å²) >= 11 is 0. The van der Waals surface area contributed by atoms with Crippen molar-refractivity contribution < 1.29 is 4.92 Å². The predicted octanol–water partition coefficient (Wildman–Crippen LogP) is 1.31. The monoisotopic (exact) mass is 274 g/mol. The van der Waals surface area contributed by atoms with Crippen molar-refractivity contribution in [1.82, 2.24) is 15.0 Å². The highest BCUT2D eigenvalue weighted by atomic mass is 16.6. The molecule has 0 atom stereocenters. The molecule has 2 N–H and O–H groups in total. The Bertz CT molecular complexity index is 631. The van der Waals surface area contributed by atoms with Gasteiger partial charge in [0.1, 0.15) is 5.69 Å². The summed E-state index contributed by atoms with van der Waals surface area (Å²) in [5, 5.41) is 11.2. The summed E-state index contributed by atoms with van der Waals surface area (Å²) in [7, 11) is 1.71. The maximum Gasteiger partial charge on any atom is 0.332 e. The van der Waals surface area contributed by atoms with Crippen LogP contribution in [-0.4, -0.2) is 26.9 Å². The first-order valence-corrected chi connectivity index (χ1v) is 5.87. The quantitative estimate of drug-likeness (QED) is 0.660. The molecular weight excluding hydrogens is 260 g/mol. The van der Waals surface area contributed by atoms with Crippen LogP contribution in [0.5, 0.6) is 0 Å². The molecule has 0 aliphatic rings. The van der Waals surface area contributed by atoms with E-state index in [1.807, 2.05) is 6.07 Å². The summed E-state index contributed by atoms with van der Waals surface area (Å²) in [5.74, 6) is 0.213. The van der Waals surface area contributed by atoms with E-state index in [9.17, 15) is 10.1 Å². The van der Waals surface area contributed by atoms with E-state index in [-0.39, 0.29) is 23.1 Å². The number of hydrogen-bond acceptors (Lipinski definition) is 7. The average Bonchev–Trinajstić information content (AvgIpc) is 2.38. The van der Waals surface area contributed by atoms with Crippen LogP contribution in [0.25, 0.3) is 0 Å². The fraction of sp³-hybridized carbons (Fsp3) is 0.250. The highest BCUT2D eigenvalue weighted by Gasteiger charge is 2.24.